The lowest BCUT2D eigenvalue weighted by Crippen LogP contribution is -2.46. The van der Waals surface area contributed by atoms with E-state index in [0.717, 1.165) is 25.3 Å². The van der Waals surface area contributed by atoms with Gasteiger partial charge in [-0.05, 0) is 56.0 Å². The average Bonchev–Trinajstić information content (AvgIpc) is 2.51. The van der Waals surface area contributed by atoms with Gasteiger partial charge in [0, 0.05) is 19.1 Å². The molecule has 5 heteroatoms. The number of hydrogen-bond donors (Lipinski definition) is 2. The van der Waals surface area contributed by atoms with Crippen molar-refractivity contribution in [2.45, 2.75) is 45.7 Å². The Morgan fingerprint density at radius 3 is 2.82 bits per heavy atom. The van der Waals surface area contributed by atoms with Gasteiger partial charge >= 0.3 is 6.09 Å². The highest BCUT2D eigenvalue weighted by atomic mass is 16.5. The number of carboxylic acid groups (broad SMARTS) is 1. The van der Waals surface area contributed by atoms with E-state index in [1.807, 2.05) is 6.07 Å². The molecule has 1 aromatic carbocycles. The molecule has 0 spiro atoms. The number of piperidine rings is 1. The van der Waals surface area contributed by atoms with E-state index in [2.05, 4.69) is 30.1 Å². The van der Waals surface area contributed by atoms with Crippen LogP contribution in [0, 0.1) is 13.8 Å². The maximum atomic E-state index is 10.7. The lowest BCUT2D eigenvalue weighted by Gasteiger charge is -2.36. The zero-order valence-corrected chi connectivity index (χ0v) is 13.7. The normalized spacial score (nSPS) is 19.0. The minimum absolute atomic E-state index is 0.284. The largest absolute Gasteiger partial charge is 0.496 e. The van der Waals surface area contributed by atoms with Crippen LogP contribution in [0.5, 0.6) is 5.75 Å². The fourth-order valence-corrected chi connectivity index (χ4v) is 3.17. The van der Waals surface area contributed by atoms with Crippen LogP contribution >= 0.6 is 0 Å². The predicted molar refractivity (Wildman–Crippen MR) is 86.5 cm³/mol. The summed E-state index contributed by atoms with van der Waals surface area (Å²) in [5.41, 5.74) is 3.73. The number of ether oxygens (including phenoxy) is 1. The van der Waals surface area contributed by atoms with E-state index in [4.69, 9.17) is 9.84 Å². The maximum Gasteiger partial charge on any atom is 0.404 e. The SMILES string of the molecule is COc1ccc(CN2CCCCC2CNC(=O)O)c(C)c1C. The molecule has 0 aromatic heterocycles. The fourth-order valence-electron chi connectivity index (χ4n) is 3.17. The molecule has 0 aliphatic carbocycles. The van der Waals surface area contributed by atoms with Crippen molar-refractivity contribution >= 4 is 6.09 Å². The van der Waals surface area contributed by atoms with E-state index in [0.29, 0.717) is 6.54 Å². The fraction of sp³-hybridized carbons (Fsp3) is 0.588. The summed E-state index contributed by atoms with van der Waals surface area (Å²) in [7, 11) is 1.69. The molecule has 2 N–H and O–H groups in total. The van der Waals surface area contributed by atoms with Crippen molar-refractivity contribution < 1.29 is 14.6 Å². The quantitative estimate of drug-likeness (QED) is 0.878. The molecule has 1 fully saturated rings. The molecule has 1 atom stereocenters. The first kappa shape index (κ1) is 16.6. The van der Waals surface area contributed by atoms with E-state index in [1.165, 1.54) is 29.5 Å². The third-order valence-corrected chi connectivity index (χ3v) is 4.68. The Bertz CT molecular complexity index is 531. The van der Waals surface area contributed by atoms with E-state index in [-0.39, 0.29) is 6.04 Å². The summed E-state index contributed by atoms with van der Waals surface area (Å²) in [4.78, 5) is 13.1. The molecule has 1 heterocycles. The lowest BCUT2D eigenvalue weighted by molar-refractivity contribution is 0.133. The number of hydrogen-bond acceptors (Lipinski definition) is 3. The van der Waals surface area contributed by atoms with Crippen LogP contribution in [0.25, 0.3) is 0 Å². The van der Waals surface area contributed by atoms with Gasteiger partial charge in [-0.2, -0.15) is 0 Å². The Labute approximate surface area is 132 Å². The molecule has 1 saturated heterocycles. The van der Waals surface area contributed by atoms with E-state index in [1.54, 1.807) is 7.11 Å². The van der Waals surface area contributed by atoms with Crippen LogP contribution in [0.15, 0.2) is 12.1 Å². The number of nitrogens with one attached hydrogen (secondary N) is 1. The van der Waals surface area contributed by atoms with Crippen LogP contribution in [0.3, 0.4) is 0 Å². The molecule has 5 nitrogen and oxygen atoms in total. The van der Waals surface area contributed by atoms with Crippen LogP contribution in [-0.2, 0) is 6.54 Å². The maximum absolute atomic E-state index is 10.7. The van der Waals surface area contributed by atoms with Gasteiger partial charge in [0.25, 0.3) is 0 Å². The molecule has 2 rings (SSSR count). The van der Waals surface area contributed by atoms with Gasteiger partial charge in [0.05, 0.1) is 7.11 Å². The number of rotatable bonds is 5. The van der Waals surface area contributed by atoms with Crippen molar-refractivity contribution in [3.05, 3.63) is 28.8 Å². The molecule has 1 aliphatic rings. The number of amides is 1. The zero-order chi connectivity index (χ0) is 16.1. The summed E-state index contributed by atoms with van der Waals surface area (Å²) in [6.07, 6.45) is 2.46. The van der Waals surface area contributed by atoms with Crippen molar-refractivity contribution in [2.75, 3.05) is 20.2 Å². The molecule has 1 amide bonds. The molecule has 1 aliphatic heterocycles. The smallest absolute Gasteiger partial charge is 0.404 e. The minimum Gasteiger partial charge on any atom is -0.496 e. The molecule has 0 saturated carbocycles. The lowest BCUT2D eigenvalue weighted by atomic mass is 9.98. The number of likely N-dealkylation sites (tertiary alicyclic amines) is 1. The molecule has 0 bridgehead atoms. The summed E-state index contributed by atoms with van der Waals surface area (Å²) in [6.45, 7) is 6.60. The summed E-state index contributed by atoms with van der Waals surface area (Å²) in [5, 5.41) is 11.3. The van der Waals surface area contributed by atoms with Gasteiger partial charge < -0.3 is 15.2 Å². The highest BCUT2D eigenvalue weighted by Crippen LogP contribution is 2.26. The van der Waals surface area contributed by atoms with Gasteiger partial charge in [0.2, 0.25) is 0 Å². The van der Waals surface area contributed by atoms with Gasteiger partial charge in [0.1, 0.15) is 5.75 Å². The van der Waals surface area contributed by atoms with Crippen molar-refractivity contribution in [2.24, 2.45) is 0 Å². The topological polar surface area (TPSA) is 61.8 Å². The minimum atomic E-state index is -0.943. The molecule has 122 valence electrons. The number of benzene rings is 1. The van der Waals surface area contributed by atoms with Crippen molar-refractivity contribution in [1.29, 1.82) is 0 Å². The summed E-state index contributed by atoms with van der Waals surface area (Å²) in [6, 6.07) is 4.43. The molecular weight excluding hydrogens is 280 g/mol. The van der Waals surface area contributed by atoms with Gasteiger partial charge in [-0.25, -0.2) is 4.79 Å². The molecule has 22 heavy (non-hydrogen) atoms. The number of nitrogens with zero attached hydrogens (tertiary/aromatic N) is 1. The number of methoxy groups -OCH3 is 1. The number of carbonyl (C=O) groups is 1. The van der Waals surface area contributed by atoms with E-state index >= 15 is 0 Å². The van der Waals surface area contributed by atoms with Gasteiger partial charge in [0.15, 0.2) is 0 Å². The van der Waals surface area contributed by atoms with Gasteiger partial charge in [-0.1, -0.05) is 12.5 Å². The Kier molecular flexibility index (Phi) is 5.66. The second-order valence-electron chi connectivity index (χ2n) is 5.98. The van der Waals surface area contributed by atoms with Crippen molar-refractivity contribution in [3.63, 3.8) is 0 Å². The van der Waals surface area contributed by atoms with Crippen LogP contribution in [0.4, 0.5) is 4.79 Å². The molecule has 1 unspecified atom stereocenters. The monoisotopic (exact) mass is 306 g/mol. The average molecular weight is 306 g/mol. The molecule has 1 aromatic rings. The van der Waals surface area contributed by atoms with Crippen LogP contribution in [0.1, 0.15) is 36.0 Å². The second-order valence-corrected chi connectivity index (χ2v) is 5.98. The van der Waals surface area contributed by atoms with E-state index in [9.17, 15) is 4.79 Å². The zero-order valence-electron chi connectivity index (χ0n) is 13.7. The standard InChI is InChI=1S/C17H26N2O3/c1-12-13(2)16(22-3)8-7-14(12)11-19-9-5-4-6-15(19)10-18-17(20)21/h7-8,15,18H,4-6,9-11H2,1-3H3,(H,20,21). The first-order chi connectivity index (χ1) is 10.5. The third kappa shape index (κ3) is 3.91. The predicted octanol–water partition coefficient (Wildman–Crippen LogP) is 2.93. The first-order valence-corrected chi connectivity index (χ1v) is 7.87. The highest BCUT2D eigenvalue weighted by Gasteiger charge is 2.23. The summed E-state index contributed by atoms with van der Waals surface area (Å²) in [5.74, 6) is 0.920. The summed E-state index contributed by atoms with van der Waals surface area (Å²) >= 11 is 0. The second kappa shape index (κ2) is 7.49. The van der Waals surface area contributed by atoms with Crippen LogP contribution < -0.4 is 10.1 Å². The van der Waals surface area contributed by atoms with Crippen molar-refractivity contribution in [1.82, 2.24) is 10.2 Å². The Morgan fingerprint density at radius 1 is 1.36 bits per heavy atom. The Hall–Kier alpha value is -1.75. The first-order valence-electron chi connectivity index (χ1n) is 7.87. The van der Waals surface area contributed by atoms with Crippen LogP contribution in [-0.4, -0.2) is 42.3 Å². The highest BCUT2D eigenvalue weighted by molar-refractivity contribution is 5.64. The van der Waals surface area contributed by atoms with Crippen LogP contribution in [0.2, 0.25) is 0 Å². The third-order valence-electron chi connectivity index (χ3n) is 4.68. The van der Waals surface area contributed by atoms with Gasteiger partial charge in [-0.15, -0.1) is 0 Å². The summed E-state index contributed by atoms with van der Waals surface area (Å²) < 4.78 is 5.37. The Balaban J connectivity index is 2.10. The molecule has 0 radical (unpaired) electrons. The molecular formula is C17H26N2O3. The van der Waals surface area contributed by atoms with Gasteiger partial charge in [-0.3, -0.25) is 4.90 Å². The Morgan fingerprint density at radius 2 is 2.14 bits per heavy atom. The van der Waals surface area contributed by atoms with Crippen molar-refractivity contribution in [3.8, 4) is 5.75 Å². The van der Waals surface area contributed by atoms with E-state index < -0.39 is 6.09 Å².